The van der Waals surface area contributed by atoms with Gasteiger partial charge in [-0.15, -0.1) is 0 Å². The van der Waals surface area contributed by atoms with Crippen molar-refractivity contribution < 1.29 is 4.79 Å². The maximum absolute atomic E-state index is 11.4. The van der Waals surface area contributed by atoms with Crippen LogP contribution in [0, 0.1) is 6.92 Å². The van der Waals surface area contributed by atoms with Gasteiger partial charge in [0, 0.05) is 44.5 Å². The summed E-state index contributed by atoms with van der Waals surface area (Å²) in [6.45, 7) is 6.99. The van der Waals surface area contributed by atoms with Gasteiger partial charge in [0.25, 0.3) is 0 Å². The van der Waals surface area contributed by atoms with Crippen LogP contribution in [0.4, 0.5) is 29.0 Å². The lowest BCUT2D eigenvalue weighted by Gasteiger charge is -2.36. The minimum atomic E-state index is -0.189. The van der Waals surface area contributed by atoms with E-state index in [4.69, 9.17) is 11.6 Å². The van der Waals surface area contributed by atoms with E-state index in [2.05, 4.69) is 66.6 Å². The number of piperazine rings is 1. The van der Waals surface area contributed by atoms with Gasteiger partial charge in [-0.3, -0.25) is 4.79 Å². The molecule has 8 nitrogen and oxygen atoms in total. The van der Waals surface area contributed by atoms with Crippen LogP contribution in [0.1, 0.15) is 12.5 Å². The minimum absolute atomic E-state index is 0.189. The third-order valence-corrected chi connectivity index (χ3v) is 5.35. The van der Waals surface area contributed by atoms with E-state index in [0.29, 0.717) is 22.6 Å². The SMILES string of the molecule is CC(=O)Nc1cc(Nc2ncnc(N3CCN(c4cccc(C)c4)CC3)n2)ccc1Cl. The standard InChI is InChI=1S/C22H24ClN7O/c1-15-4-3-5-18(12-15)29-8-10-30(11-9-29)22-25-14-24-21(28-22)27-17-6-7-19(23)20(13-17)26-16(2)31/h3-7,12-14H,8-11H2,1-2H3,(H,26,31)(H,24,25,27,28). The molecule has 1 fully saturated rings. The van der Waals surface area contributed by atoms with Gasteiger partial charge in [-0.2, -0.15) is 4.98 Å². The lowest BCUT2D eigenvalue weighted by molar-refractivity contribution is -0.114. The molecule has 0 unspecified atom stereocenters. The maximum Gasteiger partial charge on any atom is 0.231 e. The Balaban J connectivity index is 1.43. The van der Waals surface area contributed by atoms with Crippen LogP contribution in [0.3, 0.4) is 0 Å². The molecule has 1 aromatic heterocycles. The molecule has 4 rings (SSSR count). The topological polar surface area (TPSA) is 86.3 Å². The lowest BCUT2D eigenvalue weighted by atomic mass is 10.2. The third kappa shape index (κ3) is 5.21. The van der Waals surface area contributed by atoms with Gasteiger partial charge < -0.3 is 20.4 Å². The zero-order valence-electron chi connectivity index (χ0n) is 17.5. The van der Waals surface area contributed by atoms with Crippen molar-refractivity contribution in [3.05, 3.63) is 59.4 Å². The predicted molar refractivity (Wildman–Crippen MR) is 124 cm³/mol. The Morgan fingerprint density at radius 2 is 1.81 bits per heavy atom. The summed E-state index contributed by atoms with van der Waals surface area (Å²) in [7, 11) is 0. The number of aromatic nitrogens is 3. The number of aryl methyl sites for hydroxylation is 1. The second-order valence-corrected chi connectivity index (χ2v) is 7.83. The van der Waals surface area contributed by atoms with Gasteiger partial charge >= 0.3 is 0 Å². The fraction of sp³-hybridized carbons (Fsp3) is 0.273. The summed E-state index contributed by atoms with van der Waals surface area (Å²) in [5.41, 5.74) is 3.75. The number of rotatable bonds is 5. The largest absolute Gasteiger partial charge is 0.368 e. The number of benzene rings is 2. The molecule has 1 amide bonds. The molecule has 0 bridgehead atoms. The first-order valence-electron chi connectivity index (χ1n) is 10.1. The van der Waals surface area contributed by atoms with E-state index in [-0.39, 0.29) is 5.91 Å². The fourth-order valence-electron chi connectivity index (χ4n) is 3.51. The zero-order valence-corrected chi connectivity index (χ0v) is 18.2. The monoisotopic (exact) mass is 437 g/mol. The highest BCUT2D eigenvalue weighted by Gasteiger charge is 2.20. The summed E-state index contributed by atoms with van der Waals surface area (Å²) in [4.78, 5) is 29.0. The van der Waals surface area contributed by atoms with Gasteiger partial charge in [0.05, 0.1) is 10.7 Å². The highest BCUT2D eigenvalue weighted by Crippen LogP contribution is 2.27. The van der Waals surface area contributed by atoms with Crippen molar-refractivity contribution in [1.29, 1.82) is 0 Å². The molecule has 2 N–H and O–H groups in total. The number of nitrogens with zero attached hydrogens (tertiary/aromatic N) is 5. The van der Waals surface area contributed by atoms with Crippen LogP contribution >= 0.6 is 11.6 Å². The summed E-state index contributed by atoms with van der Waals surface area (Å²) < 4.78 is 0. The Kier molecular flexibility index (Phi) is 6.18. The first-order chi connectivity index (χ1) is 15.0. The summed E-state index contributed by atoms with van der Waals surface area (Å²) in [6, 6.07) is 13.8. The summed E-state index contributed by atoms with van der Waals surface area (Å²) in [5.74, 6) is 0.881. The molecule has 0 atom stereocenters. The number of hydrogen-bond donors (Lipinski definition) is 2. The molecule has 0 aliphatic carbocycles. The van der Waals surface area contributed by atoms with E-state index in [1.807, 2.05) is 0 Å². The van der Waals surface area contributed by atoms with Crippen LogP contribution in [-0.2, 0) is 4.79 Å². The molecule has 1 saturated heterocycles. The van der Waals surface area contributed by atoms with Crippen molar-refractivity contribution >= 4 is 46.5 Å². The van der Waals surface area contributed by atoms with Crippen molar-refractivity contribution in [2.75, 3.05) is 46.6 Å². The molecule has 0 spiro atoms. The number of amides is 1. The van der Waals surface area contributed by atoms with Crippen molar-refractivity contribution in [2.24, 2.45) is 0 Å². The van der Waals surface area contributed by atoms with Crippen LogP contribution < -0.4 is 20.4 Å². The molecule has 0 saturated carbocycles. The molecular weight excluding hydrogens is 414 g/mol. The average Bonchev–Trinajstić information content (AvgIpc) is 2.76. The normalized spacial score (nSPS) is 13.8. The van der Waals surface area contributed by atoms with E-state index < -0.39 is 0 Å². The molecule has 0 radical (unpaired) electrons. The Bertz CT molecular complexity index is 1080. The highest BCUT2D eigenvalue weighted by molar-refractivity contribution is 6.33. The smallest absolute Gasteiger partial charge is 0.231 e. The molecule has 1 aliphatic rings. The van der Waals surface area contributed by atoms with Crippen LogP contribution in [0.2, 0.25) is 5.02 Å². The molecule has 160 valence electrons. The molecule has 31 heavy (non-hydrogen) atoms. The number of carbonyl (C=O) groups excluding carboxylic acids is 1. The van der Waals surface area contributed by atoms with Crippen LogP contribution in [-0.4, -0.2) is 47.0 Å². The number of nitrogens with one attached hydrogen (secondary N) is 2. The first kappa shape index (κ1) is 20.9. The highest BCUT2D eigenvalue weighted by atomic mass is 35.5. The minimum Gasteiger partial charge on any atom is -0.368 e. The van der Waals surface area contributed by atoms with Crippen molar-refractivity contribution in [2.45, 2.75) is 13.8 Å². The predicted octanol–water partition coefficient (Wildman–Crippen LogP) is 3.86. The number of carbonyl (C=O) groups is 1. The Morgan fingerprint density at radius 3 is 2.55 bits per heavy atom. The molecule has 2 aromatic carbocycles. The Morgan fingerprint density at radius 1 is 1.03 bits per heavy atom. The van der Waals surface area contributed by atoms with Crippen molar-refractivity contribution in [3.63, 3.8) is 0 Å². The second kappa shape index (κ2) is 9.18. The number of hydrogen-bond acceptors (Lipinski definition) is 7. The summed E-state index contributed by atoms with van der Waals surface area (Å²) >= 11 is 6.14. The van der Waals surface area contributed by atoms with Gasteiger partial charge in [0.1, 0.15) is 6.33 Å². The average molecular weight is 438 g/mol. The Labute approximate surface area is 186 Å². The van der Waals surface area contributed by atoms with Crippen molar-refractivity contribution in [1.82, 2.24) is 15.0 Å². The second-order valence-electron chi connectivity index (χ2n) is 7.42. The quantitative estimate of drug-likeness (QED) is 0.626. The van der Waals surface area contributed by atoms with Gasteiger partial charge in [0.15, 0.2) is 0 Å². The van der Waals surface area contributed by atoms with Crippen LogP contribution in [0.15, 0.2) is 48.8 Å². The Hall–Kier alpha value is -3.39. The number of halogens is 1. The molecular formula is C22H24ClN7O. The zero-order chi connectivity index (χ0) is 21.8. The summed E-state index contributed by atoms with van der Waals surface area (Å²) in [5, 5.41) is 6.32. The van der Waals surface area contributed by atoms with Crippen LogP contribution in [0.25, 0.3) is 0 Å². The van der Waals surface area contributed by atoms with E-state index in [9.17, 15) is 4.79 Å². The van der Waals surface area contributed by atoms with Gasteiger partial charge in [-0.25, -0.2) is 9.97 Å². The van der Waals surface area contributed by atoms with Crippen LogP contribution in [0.5, 0.6) is 0 Å². The molecule has 9 heteroatoms. The maximum atomic E-state index is 11.4. The van der Waals surface area contributed by atoms with Crippen molar-refractivity contribution in [3.8, 4) is 0 Å². The van der Waals surface area contributed by atoms with E-state index in [1.54, 1.807) is 18.2 Å². The van der Waals surface area contributed by atoms with E-state index in [1.165, 1.54) is 24.5 Å². The number of anilines is 5. The molecule has 1 aliphatic heterocycles. The third-order valence-electron chi connectivity index (χ3n) is 5.02. The van der Waals surface area contributed by atoms with E-state index in [0.717, 1.165) is 31.9 Å². The fourth-order valence-corrected chi connectivity index (χ4v) is 3.67. The summed E-state index contributed by atoms with van der Waals surface area (Å²) in [6.07, 6.45) is 1.50. The first-order valence-corrected chi connectivity index (χ1v) is 10.5. The van der Waals surface area contributed by atoms with Gasteiger partial charge in [-0.1, -0.05) is 23.7 Å². The van der Waals surface area contributed by atoms with Gasteiger partial charge in [-0.05, 0) is 42.8 Å². The molecule has 3 aromatic rings. The molecule has 2 heterocycles. The lowest BCUT2D eigenvalue weighted by Crippen LogP contribution is -2.47. The van der Waals surface area contributed by atoms with E-state index >= 15 is 0 Å². The van der Waals surface area contributed by atoms with Gasteiger partial charge in [0.2, 0.25) is 17.8 Å².